The Hall–Kier alpha value is -1.12. The zero-order chi connectivity index (χ0) is 9.26. The number of hydrogen-bond acceptors (Lipinski definition) is 3. The number of phenolic OH excluding ortho intramolecular Hbond substituents is 1. The Morgan fingerprint density at radius 3 is 2.92 bits per heavy atom. The van der Waals surface area contributed by atoms with Gasteiger partial charge in [0, 0.05) is 0 Å². The van der Waals surface area contributed by atoms with Crippen LogP contribution in [0.1, 0.15) is 5.56 Å². The summed E-state index contributed by atoms with van der Waals surface area (Å²) in [6, 6.07) is 5.48. The maximum absolute atomic E-state index is 9.56. The van der Waals surface area contributed by atoms with Gasteiger partial charge in [0.25, 0.3) is 0 Å². The second kappa shape index (κ2) is 3.32. The summed E-state index contributed by atoms with van der Waals surface area (Å²) in [5, 5.41) is 13.5. The Bertz CT molecular complexity index is 412. The van der Waals surface area contributed by atoms with E-state index >= 15 is 0 Å². The molecule has 2 rings (SSSR count). The van der Waals surface area contributed by atoms with Crippen LogP contribution in [0.25, 0.3) is 11.3 Å². The Kier molecular flexibility index (Phi) is 2.17. The predicted octanol–water partition coefficient (Wildman–Crippen LogP) is 1.21. The minimum atomic E-state index is 0.117. The van der Waals surface area contributed by atoms with Gasteiger partial charge in [-0.1, -0.05) is 0 Å². The molecule has 1 N–H and O–H groups in total. The number of aromatic nitrogens is 2. The molecule has 1 heterocycles. The number of nitrogens with zero attached hydrogens (tertiary/aromatic N) is 2. The van der Waals surface area contributed by atoms with Gasteiger partial charge in [-0.3, -0.25) is 0 Å². The number of hydrogen-bond donors (Lipinski definition) is 1. The molecule has 1 aromatic heterocycles. The minimum absolute atomic E-state index is 0.117. The molecule has 0 aliphatic heterocycles. The van der Waals surface area contributed by atoms with E-state index in [1.54, 1.807) is 6.07 Å². The van der Waals surface area contributed by atoms with Gasteiger partial charge in [0.15, 0.2) is 0 Å². The Labute approximate surface area is 82.0 Å². The fourth-order valence-corrected chi connectivity index (χ4v) is 2.09. The summed E-state index contributed by atoms with van der Waals surface area (Å²) in [6.45, 7) is 1.99. The molecular formula is C9H8N2OSe. The predicted molar refractivity (Wildman–Crippen MR) is 50.8 cm³/mol. The van der Waals surface area contributed by atoms with E-state index in [1.165, 1.54) is 0 Å². The van der Waals surface area contributed by atoms with Crippen LogP contribution in [0.2, 0.25) is 0 Å². The van der Waals surface area contributed by atoms with Crippen LogP contribution in [0.4, 0.5) is 0 Å². The van der Waals surface area contributed by atoms with Crippen LogP contribution in [0.3, 0.4) is 0 Å². The van der Waals surface area contributed by atoms with Crippen LogP contribution in [0, 0.1) is 6.92 Å². The van der Waals surface area contributed by atoms with E-state index < -0.39 is 0 Å². The van der Waals surface area contributed by atoms with Crippen molar-refractivity contribution < 1.29 is 5.11 Å². The van der Waals surface area contributed by atoms with Gasteiger partial charge in [-0.2, -0.15) is 0 Å². The Balaban J connectivity index is 2.57. The fraction of sp³-hybridized carbons (Fsp3) is 0.111. The second-order valence-electron chi connectivity index (χ2n) is 2.81. The molecule has 0 aliphatic rings. The summed E-state index contributed by atoms with van der Waals surface area (Å²) in [5.74, 6) is 0.272. The maximum atomic E-state index is 9.56. The number of phenols is 1. The number of aryl methyl sites for hydroxylation is 1. The molecule has 0 spiro atoms. The average Bonchev–Trinajstić information content (AvgIpc) is 2.61. The third kappa shape index (κ3) is 1.64. The summed E-state index contributed by atoms with van der Waals surface area (Å²) in [4.78, 5) is 1.96. The first-order valence-corrected chi connectivity index (χ1v) is 5.60. The molecule has 0 aliphatic carbocycles. The van der Waals surface area contributed by atoms with Crippen LogP contribution >= 0.6 is 0 Å². The molecule has 0 bridgehead atoms. The van der Waals surface area contributed by atoms with Crippen LogP contribution in [0.15, 0.2) is 23.1 Å². The SMILES string of the molecule is Cc1ccc(O)c(-c2c[se]nn2)c1. The van der Waals surface area contributed by atoms with E-state index in [0.717, 1.165) is 16.8 Å². The van der Waals surface area contributed by atoms with Crippen molar-refractivity contribution in [3.63, 3.8) is 0 Å². The molecule has 0 unspecified atom stereocenters. The fourth-order valence-electron chi connectivity index (χ4n) is 1.14. The third-order valence-electron chi connectivity index (χ3n) is 1.79. The summed E-state index contributed by atoms with van der Waals surface area (Å²) in [6.07, 6.45) is 0. The molecule has 4 heteroatoms. The standard InChI is InChI=1S/C9H8N2OSe/c1-6-2-3-9(12)7(4-6)8-5-13-11-10-8/h2-5,12H,1H3. The van der Waals surface area contributed by atoms with Crippen LogP contribution in [0.5, 0.6) is 5.75 Å². The molecule has 0 atom stereocenters. The van der Waals surface area contributed by atoms with E-state index in [2.05, 4.69) is 9.19 Å². The first-order valence-electron chi connectivity index (χ1n) is 3.84. The summed E-state index contributed by atoms with van der Waals surface area (Å²) < 4.78 is 3.90. The molecular weight excluding hydrogens is 231 g/mol. The number of aromatic hydroxyl groups is 1. The van der Waals surface area contributed by atoms with Gasteiger partial charge in [-0.15, -0.1) is 0 Å². The summed E-state index contributed by atoms with van der Waals surface area (Å²) >= 11 is 0.117. The molecule has 0 amide bonds. The monoisotopic (exact) mass is 240 g/mol. The second-order valence-corrected chi connectivity index (χ2v) is 4.09. The number of benzene rings is 1. The summed E-state index contributed by atoms with van der Waals surface area (Å²) in [7, 11) is 0. The van der Waals surface area contributed by atoms with Crippen molar-refractivity contribution in [2.75, 3.05) is 0 Å². The molecule has 13 heavy (non-hydrogen) atoms. The van der Waals surface area contributed by atoms with E-state index in [-0.39, 0.29) is 20.5 Å². The van der Waals surface area contributed by atoms with Crippen molar-refractivity contribution in [1.82, 2.24) is 9.19 Å². The van der Waals surface area contributed by atoms with Crippen LogP contribution < -0.4 is 0 Å². The van der Waals surface area contributed by atoms with Gasteiger partial charge in [0.05, 0.1) is 0 Å². The van der Waals surface area contributed by atoms with Crippen molar-refractivity contribution in [3.8, 4) is 17.0 Å². The molecule has 0 fully saturated rings. The first kappa shape index (κ1) is 8.48. The zero-order valence-electron chi connectivity index (χ0n) is 7.06. The van der Waals surface area contributed by atoms with Crippen molar-refractivity contribution in [1.29, 1.82) is 0 Å². The topological polar surface area (TPSA) is 46.0 Å². The van der Waals surface area contributed by atoms with E-state index in [4.69, 9.17) is 0 Å². The van der Waals surface area contributed by atoms with Crippen molar-refractivity contribution in [2.45, 2.75) is 6.92 Å². The molecule has 2 aromatic rings. The van der Waals surface area contributed by atoms with Gasteiger partial charge in [0.2, 0.25) is 0 Å². The zero-order valence-corrected chi connectivity index (χ0v) is 8.77. The van der Waals surface area contributed by atoms with Gasteiger partial charge < -0.3 is 0 Å². The normalized spacial score (nSPS) is 10.2. The molecule has 0 radical (unpaired) electrons. The van der Waals surface area contributed by atoms with Crippen LogP contribution in [-0.2, 0) is 0 Å². The Morgan fingerprint density at radius 2 is 2.23 bits per heavy atom. The molecule has 66 valence electrons. The first-order chi connectivity index (χ1) is 6.27. The quantitative estimate of drug-likeness (QED) is 0.761. The van der Waals surface area contributed by atoms with E-state index in [1.807, 2.05) is 24.0 Å². The van der Waals surface area contributed by atoms with E-state index in [9.17, 15) is 5.11 Å². The summed E-state index contributed by atoms with van der Waals surface area (Å²) in [5.41, 5.74) is 2.69. The van der Waals surface area contributed by atoms with E-state index in [0.29, 0.717) is 0 Å². The van der Waals surface area contributed by atoms with Crippen molar-refractivity contribution >= 4 is 14.7 Å². The number of rotatable bonds is 1. The van der Waals surface area contributed by atoms with Crippen LogP contribution in [-0.4, -0.2) is 29.0 Å². The average molecular weight is 239 g/mol. The van der Waals surface area contributed by atoms with Gasteiger partial charge in [-0.05, 0) is 0 Å². The van der Waals surface area contributed by atoms with Gasteiger partial charge >= 0.3 is 81.7 Å². The molecule has 0 saturated carbocycles. The van der Waals surface area contributed by atoms with Gasteiger partial charge in [0.1, 0.15) is 0 Å². The van der Waals surface area contributed by atoms with Crippen molar-refractivity contribution in [2.24, 2.45) is 0 Å². The Morgan fingerprint density at radius 1 is 1.38 bits per heavy atom. The molecule has 0 saturated heterocycles. The van der Waals surface area contributed by atoms with Gasteiger partial charge in [-0.25, -0.2) is 0 Å². The third-order valence-corrected chi connectivity index (χ3v) is 2.85. The molecule has 3 nitrogen and oxygen atoms in total. The molecule has 1 aromatic carbocycles. The van der Waals surface area contributed by atoms with Crippen molar-refractivity contribution in [3.05, 3.63) is 28.7 Å².